The van der Waals surface area contributed by atoms with E-state index in [0.717, 1.165) is 39.8 Å². The van der Waals surface area contributed by atoms with Gasteiger partial charge in [-0.1, -0.05) is 206 Å². The molecule has 0 amide bonds. The Balaban J connectivity index is 1.08. The lowest BCUT2D eigenvalue weighted by atomic mass is 9.30. The molecule has 4 nitrogen and oxygen atoms in total. The van der Waals surface area contributed by atoms with Crippen LogP contribution in [0.5, 0.6) is 11.5 Å². The summed E-state index contributed by atoms with van der Waals surface area (Å²) in [7, 11) is 0. The van der Waals surface area contributed by atoms with Crippen molar-refractivity contribution in [3.05, 3.63) is 220 Å². The van der Waals surface area contributed by atoms with Gasteiger partial charge in [-0.3, -0.25) is 0 Å². The van der Waals surface area contributed by atoms with Crippen LogP contribution >= 0.6 is 0 Å². The fraction of sp³-hybridized carbons (Fsp3) is 0.286. The second-order valence-electron chi connectivity index (χ2n) is 32.2. The highest BCUT2D eigenvalue weighted by atomic mass is 16.5. The smallest absolute Gasteiger partial charge is 0.256 e. The van der Waals surface area contributed by atoms with E-state index in [1.807, 2.05) is 0 Å². The third-order valence-electron chi connectivity index (χ3n) is 20.5. The summed E-state index contributed by atoms with van der Waals surface area (Å²) in [6, 6.07) is 67.4. The van der Waals surface area contributed by atoms with Crippen LogP contribution in [0.4, 0.5) is 34.1 Å². The molecule has 0 radical (unpaired) electrons. The molecule has 4 aliphatic heterocycles. The number of benzene rings is 10. The molecule has 6 heteroatoms. The van der Waals surface area contributed by atoms with E-state index in [1.54, 1.807) is 0 Å². The second kappa shape index (κ2) is 19.5. The molecule has 15 rings (SSSR count). The number of fused-ring (bicyclic) bond motifs is 11. The molecule has 0 aliphatic carbocycles. The largest absolute Gasteiger partial charge is 0.458 e. The molecule has 90 heavy (non-hydrogen) atoms. The Morgan fingerprint density at radius 1 is 0.322 bits per heavy atom. The maximum Gasteiger partial charge on any atom is 0.256 e. The SMILES string of the molecule is Cc1ccc(-c2cc3c4c(c2)N(c2ccc(C(C)(C)C)cc2)c2ccc(C(C)(C)C)cc2B4c2cc4c(cc2O3)N(c2ccc(C(C)(C)C)cc2)c2cc(-c3ccc(C)cc3C)cc3c2B4c2cc(C(C)(C)C)cc4c5cc(C(C)(C)C)ccc5n-3c24)c(C)c1. The van der Waals surface area contributed by atoms with Gasteiger partial charge in [-0.25, -0.2) is 0 Å². The van der Waals surface area contributed by atoms with Gasteiger partial charge in [0.25, 0.3) is 13.4 Å². The molecular weight excluding hydrogens is 1090 g/mol. The zero-order valence-corrected chi connectivity index (χ0v) is 56.6. The van der Waals surface area contributed by atoms with Gasteiger partial charge in [-0.2, -0.15) is 0 Å². The molecule has 11 aromatic rings. The van der Waals surface area contributed by atoms with E-state index in [0.29, 0.717) is 0 Å². The Morgan fingerprint density at radius 3 is 1.33 bits per heavy atom. The predicted octanol–water partition coefficient (Wildman–Crippen LogP) is 18.9. The molecule has 5 heterocycles. The molecule has 4 aliphatic rings. The number of aromatic nitrogens is 1. The van der Waals surface area contributed by atoms with Crippen molar-refractivity contribution < 1.29 is 4.74 Å². The van der Waals surface area contributed by atoms with E-state index in [-0.39, 0.29) is 40.5 Å². The summed E-state index contributed by atoms with van der Waals surface area (Å²) in [5.41, 5.74) is 34.5. The van der Waals surface area contributed by atoms with Crippen LogP contribution in [0.1, 0.15) is 154 Å². The van der Waals surface area contributed by atoms with Crippen LogP contribution in [-0.2, 0) is 27.1 Å². The molecule has 0 N–H and O–H groups in total. The molecule has 448 valence electrons. The van der Waals surface area contributed by atoms with Crippen LogP contribution in [0.15, 0.2) is 170 Å². The van der Waals surface area contributed by atoms with E-state index < -0.39 is 0 Å². The van der Waals surface area contributed by atoms with Crippen LogP contribution in [-0.4, -0.2) is 18.0 Å². The number of ether oxygens (including phenoxy) is 1. The number of nitrogens with zero attached hydrogens (tertiary/aromatic N) is 3. The van der Waals surface area contributed by atoms with Crippen LogP contribution in [0.3, 0.4) is 0 Å². The van der Waals surface area contributed by atoms with Gasteiger partial charge in [0.2, 0.25) is 0 Å². The predicted molar refractivity (Wildman–Crippen MR) is 389 cm³/mol. The molecular formula is C84H85B2N3O. The van der Waals surface area contributed by atoms with Crippen molar-refractivity contribution in [2.75, 3.05) is 9.80 Å². The Labute approximate surface area is 536 Å². The number of hydrogen-bond donors (Lipinski definition) is 0. The van der Waals surface area contributed by atoms with Gasteiger partial charge in [0.15, 0.2) is 0 Å². The van der Waals surface area contributed by atoms with E-state index in [9.17, 15) is 0 Å². The molecule has 0 spiro atoms. The summed E-state index contributed by atoms with van der Waals surface area (Å²) in [6.45, 7) is 43.8. The van der Waals surface area contributed by atoms with Crippen molar-refractivity contribution in [2.24, 2.45) is 0 Å². The first-order valence-electron chi connectivity index (χ1n) is 32.9. The summed E-state index contributed by atoms with van der Waals surface area (Å²) in [5.74, 6) is 1.79. The average Bonchev–Trinajstić information content (AvgIpc) is 1.24. The molecule has 0 unspecified atom stereocenters. The van der Waals surface area contributed by atoms with Gasteiger partial charge in [0.1, 0.15) is 11.5 Å². The number of rotatable bonds is 4. The van der Waals surface area contributed by atoms with Gasteiger partial charge in [-0.05, 0) is 222 Å². The molecule has 0 atom stereocenters. The van der Waals surface area contributed by atoms with Crippen molar-refractivity contribution in [2.45, 2.75) is 159 Å². The summed E-state index contributed by atoms with van der Waals surface area (Å²) in [4.78, 5) is 5.15. The highest BCUT2D eigenvalue weighted by Crippen LogP contribution is 2.50. The maximum atomic E-state index is 7.84. The van der Waals surface area contributed by atoms with Crippen LogP contribution in [0, 0.1) is 27.7 Å². The fourth-order valence-electron chi connectivity index (χ4n) is 15.5. The third kappa shape index (κ3) is 8.99. The molecule has 0 bridgehead atoms. The summed E-state index contributed by atoms with van der Waals surface area (Å²) in [5, 5.41) is 2.62. The minimum Gasteiger partial charge on any atom is -0.458 e. The Hall–Kier alpha value is -8.47. The lowest BCUT2D eigenvalue weighted by molar-refractivity contribution is 0.488. The topological polar surface area (TPSA) is 20.6 Å². The molecule has 0 fully saturated rings. The van der Waals surface area contributed by atoms with Crippen molar-refractivity contribution in [1.29, 1.82) is 0 Å². The van der Waals surface area contributed by atoms with Gasteiger partial charge < -0.3 is 19.1 Å². The summed E-state index contributed by atoms with van der Waals surface area (Å²) in [6.07, 6.45) is 0. The van der Waals surface area contributed by atoms with E-state index in [1.165, 1.54) is 138 Å². The first-order valence-corrected chi connectivity index (χ1v) is 32.9. The first kappa shape index (κ1) is 57.9. The summed E-state index contributed by atoms with van der Waals surface area (Å²) >= 11 is 0. The first-order chi connectivity index (χ1) is 42.4. The van der Waals surface area contributed by atoms with Gasteiger partial charge in [-0.15, -0.1) is 0 Å². The maximum absolute atomic E-state index is 7.84. The fourth-order valence-corrected chi connectivity index (χ4v) is 15.5. The second-order valence-corrected chi connectivity index (χ2v) is 32.2. The standard InChI is InChI=1S/C84H85B2N3O/c1-48-20-32-61(50(3)36-48)52-38-72-77-73(39-52)89-69-34-26-56(82(11,12)13)42-63(69)64-43-58(84(17,18)19)45-68(79(64)89)86(77)66-46-67-75(47-71(66)88(72)60-30-24-55(25-31-60)81(8,9)10)90-76-41-53(62-33-21-49(2)37-51(62)4)40-74-78(76)85(67)65-44-57(83(14,15)16)27-35-70(65)87(74)59-28-22-54(23-29-59)80(5,6)7/h20-47H,1-19H3. The molecule has 10 aromatic carbocycles. The van der Waals surface area contributed by atoms with Gasteiger partial charge in [0.05, 0.1) is 5.52 Å². The Bertz CT molecular complexity index is 4870. The van der Waals surface area contributed by atoms with Crippen molar-refractivity contribution in [3.63, 3.8) is 0 Å². The highest BCUT2D eigenvalue weighted by Gasteiger charge is 2.48. The lowest BCUT2D eigenvalue weighted by Gasteiger charge is -2.44. The molecule has 0 saturated heterocycles. The highest BCUT2D eigenvalue weighted by molar-refractivity contribution is 7.02. The van der Waals surface area contributed by atoms with E-state index in [2.05, 4.69) is 316 Å². The van der Waals surface area contributed by atoms with Crippen molar-refractivity contribution in [1.82, 2.24) is 4.57 Å². The van der Waals surface area contributed by atoms with Gasteiger partial charge in [0, 0.05) is 62.2 Å². The van der Waals surface area contributed by atoms with Crippen molar-refractivity contribution in [3.8, 4) is 39.4 Å². The van der Waals surface area contributed by atoms with Crippen LogP contribution in [0.25, 0.3) is 49.7 Å². The zero-order chi connectivity index (χ0) is 63.4. The summed E-state index contributed by atoms with van der Waals surface area (Å²) < 4.78 is 10.5. The minimum absolute atomic E-state index is 0.00344. The van der Waals surface area contributed by atoms with Crippen molar-refractivity contribution >= 4 is 102 Å². The Morgan fingerprint density at radius 2 is 0.778 bits per heavy atom. The van der Waals surface area contributed by atoms with Crippen LogP contribution in [0.2, 0.25) is 0 Å². The average molecular weight is 1170 g/mol. The Kier molecular flexibility index (Phi) is 12.6. The zero-order valence-electron chi connectivity index (χ0n) is 56.6. The van der Waals surface area contributed by atoms with Crippen LogP contribution < -0.4 is 47.3 Å². The van der Waals surface area contributed by atoms with E-state index >= 15 is 0 Å². The minimum atomic E-state index is -0.154. The number of hydrogen-bond acceptors (Lipinski definition) is 3. The number of anilines is 6. The normalized spacial score (nSPS) is 14.2. The van der Waals surface area contributed by atoms with Gasteiger partial charge >= 0.3 is 0 Å². The monoisotopic (exact) mass is 1170 g/mol. The molecule has 0 saturated carbocycles. The molecule has 1 aromatic heterocycles. The number of aryl methyl sites for hydroxylation is 4. The third-order valence-corrected chi connectivity index (χ3v) is 20.5. The quantitative estimate of drug-likeness (QED) is 0.164. The lowest BCUT2D eigenvalue weighted by Crippen LogP contribution is -2.64. The van der Waals surface area contributed by atoms with E-state index in [4.69, 9.17) is 4.74 Å².